The van der Waals surface area contributed by atoms with E-state index in [-0.39, 0.29) is 0 Å². The lowest BCUT2D eigenvalue weighted by Crippen LogP contribution is -2.52. The third-order valence-corrected chi connectivity index (χ3v) is 6.15. The van der Waals surface area contributed by atoms with Crippen LogP contribution in [0.4, 0.5) is 0 Å². The van der Waals surface area contributed by atoms with E-state index in [0.29, 0.717) is 5.41 Å². The Morgan fingerprint density at radius 3 is 2.58 bits per heavy atom. The highest BCUT2D eigenvalue weighted by atomic mass is 16.3. The van der Waals surface area contributed by atoms with Crippen LogP contribution in [-0.2, 0) is 18.5 Å². The number of fused-ring (bicyclic) bond motifs is 2. The van der Waals surface area contributed by atoms with Crippen molar-refractivity contribution in [3.05, 3.63) is 59.5 Å². The first kappa shape index (κ1) is 17.8. The van der Waals surface area contributed by atoms with Gasteiger partial charge in [-0.3, -0.25) is 9.80 Å². The molecule has 1 saturated heterocycles. The van der Waals surface area contributed by atoms with Crippen LogP contribution in [0.1, 0.15) is 29.7 Å². The number of nitrogens with zero attached hydrogens (tertiary/aromatic N) is 3. The molecule has 2 aliphatic rings. The zero-order chi connectivity index (χ0) is 18.0. The van der Waals surface area contributed by atoms with E-state index < -0.39 is 0 Å². The number of rotatable bonds is 5. The second-order valence-corrected chi connectivity index (χ2v) is 8.31. The average Bonchev–Trinajstić information content (AvgIpc) is 3.15. The van der Waals surface area contributed by atoms with Gasteiger partial charge in [-0.1, -0.05) is 24.3 Å². The van der Waals surface area contributed by atoms with Gasteiger partial charge in [0.15, 0.2) is 0 Å². The predicted octanol–water partition coefficient (Wildman–Crippen LogP) is 3.19. The second kappa shape index (κ2) is 7.55. The van der Waals surface area contributed by atoms with E-state index in [2.05, 4.69) is 59.1 Å². The zero-order valence-electron chi connectivity index (χ0n) is 16.2. The first-order valence-electron chi connectivity index (χ1n) is 9.85. The van der Waals surface area contributed by atoms with Gasteiger partial charge in [-0.15, -0.1) is 0 Å². The van der Waals surface area contributed by atoms with Gasteiger partial charge in [-0.05, 0) is 63.3 Å². The van der Waals surface area contributed by atoms with Gasteiger partial charge >= 0.3 is 0 Å². The highest BCUT2D eigenvalue weighted by Gasteiger charge is 2.41. The van der Waals surface area contributed by atoms with Crippen LogP contribution in [0.25, 0.3) is 0 Å². The Hall–Kier alpha value is -1.62. The quantitative estimate of drug-likeness (QED) is 0.823. The maximum Gasteiger partial charge on any atom is 0.117 e. The molecular weight excluding hydrogens is 322 g/mol. The molecule has 140 valence electrons. The van der Waals surface area contributed by atoms with E-state index in [1.54, 1.807) is 11.8 Å². The molecule has 0 saturated carbocycles. The number of hydrogen-bond donors (Lipinski definition) is 0. The van der Waals surface area contributed by atoms with Crippen LogP contribution >= 0.6 is 0 Å². The van der Waals surface area contributed by atoms with Crippen molar-refractivity contribution in [2.24, 2.45) is 0 Å². The molecule has 0 amide bonds. The predicted molar refractivity (Wildman–Crippen MR) is 105 cm³/mol. The number of likely N-dealkylation sites (tertiary alicyclic amines) is 1. The Morgan fingerprint density at radius 2 is 1.85 bits per heavy atom. The maximum atomic E-state index is 5.55. The molecule has 1 aromatic heterocycles. The van der Waals surface area contributed by atoms with Crippen LogP contribution in [0.2, 0.25) is 0 Å². The molecule has 3 heterocycles. The summed E-state index contributed by atoms with van der Waals surface area (Å²) in [6, 6.07) is 13.2. The molecule has 1 fully saturated rings. The van der Waals surface area contributed by atoms with E-state index in [4.69, 9.17) is 4.42 Å². The normalized spacial score (nSPS) is 20.6. The molecule has 0 bridgehead atoms. The number of furan rings is 1. The molecule has 0 atom stereocenters. The van der Waals surface area contributed by atoms with Crippen molar-refractivity contribution in [2.45, 2.75) is 31.3 Å². The standard InChI is InChI=1S/C22H31N3O/c1-23(2)13-14-25-16-19-6-3-4-8-21(19)22(18-25)9-11-24(12-10-22)17-20-7-5-15-26-20/h3-8,15H,9-14,16-18H2,1-2H3. The largest absolute Gasteiger partial charge is 0.468 e. The summed E-state index contributed by atoms with van der Waals surface area (Å²) < 4.78 is 5.55. The van der Waals surface area contributed by atoms with E-state index in [0.717, 1.165) is 45.0 Å². The number of likely N-dealkylation sites (N-methyl/N-ethyl adjacent to an activating group) is 1. The molecule has 1 spiro atoms. The van der Waals surface area contributed by atoms with Crippen LogP contribution in [0.15, 0.2) is 47.1 Å². The van der Waals surface area contributed by atoms with E-state index in [1.807, 2.05) is 6.07 Å². The van der Waals surface area contributed by atoms with Gasteiger partial charge in [0.2, 0.25) is 0 Å². The van der Waals surface area contributed by atoms with E-state index in [1.165, 1.54) is 24.9 Å². The third kappa shape index (κ3) is 3.73. The lowest BCUT2D eigenvalue weighted by Gasteiger charge is -2.49. The zero-order valence-corrected chi connectivity index (χ0v) is 16.2. The number of benzene rings is 1. The summed E-state index contributed by atoms with van der Waals surface area (Å²) in [6.45, 7) is 7.82. The number of piperidine rings is 1. The van der Waals surface area contributed by atoms with Gasteiger partial charge in [-0.25, -0.2) is 0 Å². The van der Waals surface area contributed by atoms with Crippen molar-refractivity contribution in [2.75, 3.05) is 46.8 Å². The molecule has 4 heteroatoms. The smallest absolute Gasteiger partial charge is 0.117 e. The first-order chi connectivity index (χ1) is 12.6. The minimum absolute atomic E-state index is 0.320. The summed E-state index contributed by atoms with van der Waals surface area (Å²) in [6.07, 6.45) is 4.26. The van der Waals surface area contributed by atoms with Gasteiger partial charge in [-0.2, -0.15) is 0 Å². The highest BCUT2D eigenvalue weighted by molar-refractivity contribution is 5.37. The van der Waals surface area contributed by atoms with Gasteiger partial charge in [0.05, 0.1) is 12.8 Å². The summed E-state index contributed by atoms with van der Waals surface area (Å²) in [5.41, 5.74) is 3.47. The lowest BCUT2D eigenvalue weighted by atomic mass is 9.69. The van der Waals surface area contributed by atoms with Crippen molar-refractivity contribution in [1.29, 1.82) is 0 Å². The molecule has 2 aliphatic heterocycles. The Labute approximate surface area is 157 Å². The van der Waals surface area contributed by atoms with Gasteiger partial charge in [0.1, 0.15) is 5.76 Å². The highest BCUT2D eigenvalue weighted by Crippen LogP contribution is 2.41. The molecule has 0 aliphatic carbocycles. The van der Waals surface area contributed by atoms with Crippen molar-refractivity contribution in [3.63, 3.8) is 0 Å². The molecule has 4 nitrogen and oxygen atoms in total. The fourth-order valence-corrected chi connectivity index (χ4v) is 4.67. The van der Waals surface area contributed by atoms with Crippen molar-refractivity contribution < 1.29 is 4.42 Å². The van der Waals surface area contributed by atoms with E-state index >= 15 is 0 Å². The Balaban J connectivity index is 1.49. The van der Waals surface area contributed by atoms with Gasteiger partial charge in [0.25, 0.3) is 0 Å². The van der Waals surface area contributed by atoms with Gasteiger partial charge < -0.3 is 9.32 Å². The van der Waals surface area contributed by atoms with Crippen LogP contribution in [0, 0.1) is 0 Å². The second-order valence-electron chi connectivity index (χ2n) is 8.31. The van der Waals surface area contributed by atoms with Gasteiger partial charge in [0, 0.05) is 31.6 Å². The third-order valence-electron chi connectivity index (χ3n) is 6.15. The molecule has 0 N–H and O–H groups in total. The van der Waals surface area contributed by atoms with Crippen LogP contribution < -0.4 is 0 Å². The molecule has 2 aromatic rings. The molecule has 0 radical (unpaired) electrons. The molecule has 26 heavy (non-hydrogen) atoms. The first-order valence-corrected chi connectivity index (χ1v) is 9.85. The molecule has 1 aromatic carbocycles. The summed E-state index contributed by atoms with van der Waals surface area (Å²) in [4.78, 5) is 7.51. The Bertz CT molecular complexity index is 702. The SMILES string of the molecule is CN(C)CCN1Cc2ccccc2C2(CCN(Cc3ccco3)CC2)C1. The summed E-state index contributed by atoms with van der Waals surface area (Å²) in [5.74, 6) is 1.08. The minimum Gasteiger partial charge on any atom is -0.468 e. The average molecular weight is 354 g/mol. The Morgan fingerprint density at radius 1 is 1.04 bits per heavy atom. The Kier molecular flexibility index (Phi) is 5.16. The van der Waals surface area contributed by atoms with Crippen LogP contribution in [-0.4, -0.2) is 61.5 Å². The topological polar surface area (TPSA) is 22.9 Å². The van der Waals surface area contributed by atoms with Crippen molar-refractivity contribution >= 4 is 0 Å². The van der Waals surface area contributed by atoms with E-state index in [9.17, 15) is 0 Å². The monoisotopic (exact) mass is 353 g/mol. The molecule has 0 unspecified atom stereocenters. The van der Waals surface area contributed by atoms with Crippen molar-refractivity contribution in [3.8, 4) is 0 Å². The maximum absolute atomic E-state index is 5.55. The number of hydrogen-bond acceptors (Lipinski definition) is 4. The summed E-state index contributed by atoms with van der Waals surface area (Å²) >= 11 is 0. The van der Waals surface area contributed by atoms with Crippen LogP contribution in [0.3, 0.4) is 0 Å². The summed E-state index contributed by atoms with van der Waals surface area (Å²) in [5, 5.41) is 0. The lowest BCUT2D eigenvalue weighted by molar-refractivity contribution is 0.0877. The minimum atomic E-state index is 0.320. The summed E-state index contributed by atoms with van der Waals surface area (Å²) in [7, 11) is 4.33. The molecule has 4 rings (SSSR count). The molecular formula is C22H31N3O. The van der Waals surface area contributed by atoms with Crippen LogP contribution in [0.5, 0.6) is 0 Å². The fourth-order valence-electron chi connectivity index (χ4n) is 4.67. The van der Waals surface area contributed by atoms with Crippen molar-refractivity contribution in [1.82, 2.24) is 14.7 Å². The fraction of sp³-hybridized carbons (Fsp3) is 0.545.